The molecule has 8 nitrogen and oxygen atoms in total. The van der Waals surface area contributed by atoms with Crippen LogP contribution in [0.4, 0.5) is 11.4 Å². The molecule has 0 radical (unpaired) electrons. The SMILES string of the molecule is [C-]#[N+]c1ccc(N[C@@H](C(=O)NNC(=O)c2ccc(C#N)cc2)[C@H](C)O)c(CC)c1Cl. The minimum absolute atomic E-state index is 0.255. The van der Waals surface area contributed by atoms with E-state index in [1.807, 2.05) is 13.0 Å². The normalized spacial score (nSPS) is 12.1. The molecule has 0 heterocycles. The third kappa shape index (κ3) is 5.26. The van der Waals surface area contributed by atoms with Gasteiger partial charge in [0.1, 0.15) is 6.04 Å². The second-order valence-electron chi connectivity index (χ2n) is 6.39. The Hall–Kier alpha value is -3.59. The van der Waals surface area contributed by atoms with E-state index in [4.69, 9.17) is 23.4 Å². The fraction of sp³-hybridized carbons (Fsp3) is 0.238. The Morgan fingerprint density at radius 2 is 1.90 bits per heavy atom. The van der Waals surface area contributed by atoms with Gasteiger partial charge in [-0.3, -0.25) is 20.4 Å². The molecule has 9 heteroatoms. The summed E-state index contributed by atoms with van der Waals surface area (Å²) in [5.74, 6) is -1.24. The van der Waals surface area contributed by atoms with Gasteiger partial charge in [0.05, 0.1) is 29.3 Å². The quantitative estimate of drug-likeness (QED) is 0.419. The maximum Gasteiger partial charge on any atom is 0.269 e. The van der Waals surface area contributed by atoms with Crippen LogP contribution in [0.3, 0.4) is 0 Å². The van der Waals surface area contributed by atoms with Gasteiger partial charge in [0.15, 0.2) is 0 Å². The Balaban J connectivity index is 2.12. The number of hydrogen-bond acceptors (Lipinski definition) is 5. The van der Waals surface area contributed by atoms with Crippen LogP contribution in [-0.4, -0.2) is 29.1 Å². The molecule has 4 N–H and O–H groups in total. The lowest BCUT2D eigenvalue weighted by molar-refractivity contribution is -0.124. The number of nitrogens with one attached hydrogen (secondary N) is 3. The standard InChI is InChI=1S/C21H20ClN5O3/c1-4-15-16(9-10-17(24-3)18(15)22)25-19(12(2)28)21(30)27-26-20(29)14-7-5-13(11-23)6-8-14/h5-10,12,19,25,28H,4H2,1-2H3,(H,26,29)(H,27,30)/t12-,19+/m0/s1. The third-order valence-electron chi connectivity index (χ3n) is 4.35. The number of anilines is 1. The van der Waals surface area contributed by atoms with Crippen molar-refractivity contribution in [1.82, 2.24) is 10.9 Å². The average molecular weight is 426 g/mol. The molecule has 0 saturated heterocycles. The highest BCUT2D eigenvalue weighted by Gasteiger charge is 2.25. The Bertz CT molecular complexity index is 1020. The number of aliphatic hydroxyl groups excluding tert-OH is 1. The van der Waals surface area contributed by atoms with Crippen molar-refractivity contribution in [3.63, 3.8) is 0 Å². The van der Waals surface area contributed by atoms with Gasteiger partial charge in [0, 0.05) is 11.3 Å². The highest BCUT2D eigenvalue weighted by atomic mass is 35.5. The van der Waals surface area contributed by atoms with E-state index in [0.717, 1.165) is 0 Å². The molecule has 0 aromatic heterocycles. The summed E-state index contributed by atoms with van der Waals surface area (Å²) in [5.41, 5.74) is 6.67. The molecule has 2 aromatic rings. The second kappa shape index (κ2) is 10.3. The van der Waals surface area contributed by atoms with Crippen molar-refractivity contribution < 1.29 is 14.7 Å². The zero-order valence-electron chi connectivity index (χ0n) is 16.4. The summed E-state index contributed by atoms with van der Waals surface area (Å²) in [4.78, 5) is 28.1. The number of carbonyl (C=O) groups is 2. The molecule has 2 atom stereocenters. The summed E-state index contributed by atoms with van der Waals surface area (Å²) < 4.78 is 0. The van der Waals surface area contributed by atoms with Crippen molar-refractivity contribution in [2.24, 2.45) is 0 Å². The first-order chi connectivity index (χ1) is 14.3. The van der Waals surface area contributed by atoms with Gasteiger partial charge in [0.25, 0.3) is 11.8 Å². The molecular formula is C21H20ClN5O3. The molecule has 30 heavy (non-hydrogen) atoms. The molecule has 0 aliphatic heterocycles. The highest BCUT2D eigenvalue weighted by molar-refractivity contribution is 6.34. The van der Waals surface area contributed by atoms with Crippen LogP contribution in [0, 0.1) is 17.9 Å². The Kier molecular flexibility index (Phi) is 7.76. The molecule has 0 aliphatic carbocycles. The second-order valence-corrected chi connectivity index (χ2v) is 6.76. The maximum absolute atomic E-state index is 12.6. The summed E-state index contributed by atoms with van der Waals surface area (Å²) in [5, 5.41) is 22.1. The smallest absolute Gasteiger partial charge is 0.269 e. The zero-order valence-corrected chi connectivity index (χ0v) is 17.1. The summed E-state index contributed by atoms with van der Waals surface area (Å²) in [7, 11) is 0. The van der Waals surface area contributed by atoms with E-state index >= 15 is 0 Å². The van der Waals surface area contributed by atoms with E-state index in [1.54, 1.807) is 6.07 Å². The fourth-order valence-electron chi connectivity index (χ4n) is 2.71. The topological polar surface area (TPSA) is 119 Å². The first kappa shape index (κ1) is 22.7. The van der Waals surface area contributed by atoms with E-state index in [9.17, 15) is 14.7 Å². The van der Waals surface area contributed by atoms with Gasteiger partial charge in [-0.15, -0.1) is 0 Å². The van der Waals surface area contributed by atoms with Crippen LogP contribution in [0.5, 0.6) is 0 Å². The number of aliphatic hydroxyl groups is 1. The molecule has 0 unspecified atom stereocenters. The lowest BCUT2D eigenvalue weighted by atomic mass is 10.1. The molecule has 2 aromatic carbocycles. The van der Waals surface area contributed by atoms with Gasteiger partial charge in [-0.25, -0.2) is 4.85 Å². The molecule has 154 valence electrons. The molecule has 2 amide bonds. The van der Waals surface area contributed by atoms with Gasteiger partial charge >= 0.3 is 0 Å². The van der Waals surface area contributed by atoms with Crippen LogP contribution in [0.25, 0.3) is 4.85 Å². The monoisotopic (exact) mass is 425 g/mol. The van der Waals surface area contributed by atoms with E-state index in [1.165, 1.54) is 37.3 Å². The van der Waals surface area contributed by atoms with Crippen molar-refractivity contribution in [3.05, 3.63) is 69.5 Å². The number of halogens is 1. The fourth-order valence-corrected chi connectivity index (χ4v) is 3.05. The number of hydrogen-bond donors (Lipinski definition) is 4. The predicted octanol–water partition coefficient (Wildman–Crippen LogP) is 2.95. The number of amides is 2. The number of benzene rings is 2. The molecule has 0 fully saturated rings. The van der Waals surface area contributed by atoms with Crippen molar-refractivity contribution in [2.75, 3.05) is 5.32 Å². The van der Waals surface area contributed by atoms with Gasteiger partial charge in [-0.1, -0.05) is 24.6 Å². The minimum atomic E-state index is -1.10. The van der Waals surface area contributed by atoms with Gasteiger partial charge < -0.3 is 10.4 Å². The summed E-state index contributed by atoms with van der Waals surface area (Å²) in [6, 6.07) is 9.90. The van der Waals surface area contributed by atoms with Gasteiger partial charge in [0.2, 0.25) is 5.69 Å². The number of hydrazine groups is 1. The Morgan fingerprint density at radius 3 is 2.43 bits per heavy atom. The molecule has 0 bridgehead atoms. The third-order valence-corrected chi connectivity index (χ3v) is 4.77. The molecule has 0 aliphatic rings. The lowest BCUT2D eigenvalue weighted by Gasteiger charge is -2.24. The number of nitrogens with zero attached hydrogens (tertiary/aromatic N) is 2. The van der Waals surface area contributed by atoms with E-state index in [-0.39, 0.29) is 10.6 Å². The largest absolute Gasteiger partial charge is 0.391 e. The summed E-state index contributed by atoms with van der Waals surface area (Å²) in [6.45, 7) is 10.4. The van der Waals surface area contributed by atoms with Crippen molar-refractivity contribution in [2.45, 2.75) is 32.4 Å². The molecular weight excluding hydrogens is 406 g/mol. The first-order valence-corrected chi connectivity index (χ1v) is 9.43. The number of carbonyl (C=O) groups excluding carboxylic acids is 2. The first-order valence-electron chi connectivity index (χ1n) is 9.06. The van der Waals surface area contributed by atoms with Crippen LogP contribution in [0.1, 0.15) is 35.3 Å². The van der Waals surface area contributed by atoms with Crippen LogP contribution < -0.4 is 16.2 Å². The van der Waals surface area contributed by atoms with Gasteiger partial charge in [-0.2, -0.15) is 5.26 Å². The molecule has 0 spiro atoms. The average Bonchev–Trinajstić information content (AvgIpc) is 2.75. The molecule has 0 saturated carbocycles. The number of rotatable bonds is 6. The summed E-state index contributed by atoms with van der Waals surface area (Å²) >= 11 is 6.26. The minimum Gasteiger partial charge on any atom is -0.391 e. The number of nitriles is 1. The van der Waals surface area contributed by atoms with E-state index in [0.29, 0.717) is 28.9 Å². The Morgan fingerprint density at radius 1 is 1.23 bits per heavy atom. The highest BCUT2D eigenvalue weighted by Crippen LogP contribution is 2.34. The van der Waals surface area contributed by atoms with Crippen LogP contribution in [0.15, 0.2) is 36.4 Å². The summed E-state index contributed by atoms with van der Waals surface area (Å²) in [6.07, 6.45) is -0.588. The van der Waals surface area contributed by atoms with E-state index < -0.39 is 24.0 Å². The van der Waals surface area contributed by atoms with Crippen molar-refractivity contribution >= 4 is 34.8 Å². The van der Waals surface area contributed by atoms with Crippen LogP contribution in [0.2, 0.25) is 5.02 Å². The van der Waals surface area contributed by atoms with Crippen molar-refractivity contribution in [1.29, 1.82) is 5.26 Å². The van der Waals surface area contributed by atoms with E-state index in [2.05, 4.69) is 21.0 Å². The van der Waals surface area contributed by atoms with Crippen LogP contribution >= 0.6 is 11.6 Å². The maximum atomic E-state index is 12.6. The van der Waals surface area contributed by atoms with Gasteiger partial charge in [-0.05, 0) is 49.2 Å². The Labute approximate surface area is 179 Å². The predicted molar refractivity (Wildman–Crippen MR) is 113 cm³/mol. The molecule has 2 rings (SSSR count). The lowest BCUT2D eigenvalue weighted by Crippen LogP contribution is -2.52. The zero-order chi connectivity index (χ0) is 22.3. The van der Waals surface area contributed by atoms with Crippen LogP contribution in [-0.2, 0) is 11.2 Å². The van der Waals surface area contributed by atoms with Crippen molar-refractivity contribution in [3.8, 4) is 6.07 Å².